The van der Waals surface area contributed by atoms with Crippen LogP contribution < -0.4 is 4.74 Å². The first-order valence-electron chi connectivity index (χ1n) is 8.86. The molecule has 0 aliphatic carbocycles. The number of hydrogen-bond donors (Lipinski definition) is 1. The Balaban J connectivity index is 1.92. The predicted molar refractivity (Wildman–Crippen MR) is 107 cm³/mol. The Hall–Kier alpha value is -2.00. The molecule has 1 N–H and O–H groups in total. The number of aliphatic hydroxyl groups is 1. The average molecular weight is 369 g/mol. The van der Waals surface area contributed by atoms with Crippen molar-refractivity contribution in [2.45, 2.75) is 13.0 Å². The van der Waals surface area contributed by atoms with Gasteiger partial charge in [-0.05, 0) is 30.5 Å². The summed E-state index contributed by atoms with van der Waals surface area (Å²) in [5.41, 5.74) is 2.95. The molecule has 136 valence electrons. The maximum Gasteiger partial charge on any atom is 0.125 e. The van der Waals surface area contributed by atoms with Crippen LogP contribution in [0.15, 0.2) is 42.6 Å². The van der Waals surface area contributed by atoms with Crippen LogP contribution in [0.3, 0.4) is 0 Å². The quantitative estimate of drug-likeness (QED) is 0.822. The van der Waals surface area contributed by atoms with Crippen LogP contribution in [0.5, 0.6) is 5.75 Å². The molecule has 1 aromatic heterocycles. The fraction of sp³-hybridized carbons (Fsp3) is 0.381. The van der Waals surface area contributed by atoms with Crippen molar-refractivity contribution in [2.75, 3.05) is 37.8 Å². The maximum atomic E-state index is 9.11. The number of para-hydroxylation sites is 1. The molecule has 1 aromatic carbocycles. The molecule has 0 spiro atoms. The molecule has 0 amide bonds. The monoisotopic (exact) mass is 368 g/mol. The highest BCUT2D eigenvalue weighted by molar-refractivity contribution is 7.99. The molecule has 1 fully saturated rings. The minimum atomic E-state index is -0.0473. The van der Waals surface area contributed by atoms with Crippen molar-refractivity contribution in [3.8, 4) is 17.6 Å². The molecule has 0 bridgehead atoms. The zero-order chi connectivity index (χ0) is 18.2. The van der Waals surface area contributed by atoms with E-state index in [2.05, 4.69) is 27.8 Å². The minimum absolute atomic E-state index is 0.00167. The fourth-order valence-corrected chi connectivity index (χ4v) is 3.81. The van der Waals surface area contributed by atoms with Gasteiger partial charge in [0.25, 0.3) is 0 Å². The second-order valence-corrected chi connectivity index (χ2v) is 7.38. The molecule has 2 aromatic rings. The second-order valence-electron chi connectivity index (χ2n) is 6.15. The summed E-state index contributed by atoms with van der Waals surface area (Å²) < 4.78 is 5.76. The van der Waals surface area contributed by atoms with Crippen molar-refractivity contribution in [1.29, 1.82) is 0 Å². The summed E-state index contributed by atoms with van der Waals surface area (Å²) in [5, 5.41) is 9.11. The number of pyridine rings is 1. The summed E-state index contributed by atoms with van der Waals surface area (Å²) >= 11 is 1.98. The maximum absolute atomic E-state index is 9.11. The minimum Gasteiger partial charge on any atom is -0.491 e. The summed E-state index contributed by atoms with van der Waals surface area (Å²) in [6.07, 6.45) is 1.84. The molecule has 4 nitrogen and oxygen atoms in total. The SMILES string of the molecule is Cc1ccc(C#CC(c2ccccc2OCCO)N2CCSCC2)nc1. The highest BCUT2D eigenvalue weighted by Gasteiger charge is 2.23. The van der Waals surface area contributed by atoms with Crippen molar-refractivity contribution in [1.82, 2.24) is 9.88 Å². The zero-order valence-electron chi connectivity index (χ0n) is 15.0. The molecular weight excluding hydrogens is 344 g/mol. The molecule has 1 unspecified atom stereocenters. The predicted octanol–water partition coefficient (Wildman–Crippen LogP) is 2.90. The van der Waals surface area contributed by atoms with Crippen molar-refractivity contribution in [3.63, 3.8) is 0 Å². The Bertz CT molecular complexity index is 762. The van der Waals surface area contributed by atoms with E-state index in [4.69, 9.17) is 9.84 Å². The topological polar surface area (TPSA) is 45.6 Å². The number of benzene rings is 1. The first-order chi connectivity index (χ1) is 12.8. The van der Waals surface area contributed by atoms with E-state index in [0.717, 1.165) is 47.2 Å². The van der Waals surface area contributed by atoms with Crippen molar-refractivity contribution in [2.24, 2.45) is 0 Å². The number of rotatable bonds is 5. The Morgan fingerprint density at radius 2 is 2.04 bits per heavy atom. The number of aromatic nitrogens is 1. The standard InChI is InChI=1S/C21H24N2O2S/c1-17-6-7-18(22-16-17)8-9-20(23-10-14-26-15-11-23)19-4-2-3-5-21(19)25-13-12-24/h2-7,16,20,24H,10-15H2,1H3. The van der Waals surface area contributed by atoms with E-state index in [9.17, 15) is 0 Å². The van der Waals surface area contributed by atoms with E-state index in [0.29, 0.717) is 0 Å². The largest absolute Gasteiger partial charge is 0.491 e. The van der Waals surface area contributed by atoms with E-state index in [1.165, 1.54) is 0 Å². The van der Waals surface area contributed by atoms with Crippen LogP contribution in [-0.2, 0) is 0 Å². The van der Waals surface area contributed by atoms with Gasteiger partial charge in [0.1, 0.15) is 24.1 Å². The van der Waals surface area contributed by atoms with Crippen LogP contribution in [0.2, 0.25) is 0 Å². The molecule has 2 heterocycles. The van der Waals surface area contributed by atoms with Crippen molar-refractivity contribution < 1.29 is 9.84 Å². The highest BCUT2D eigenvalue weighted by atomic mass is 32.2. The third-order valence-electron chi connectivity index (χ3n) is 4.22. The number of ether oxygens (including phenoxy) is 1. The number of aryl methyl sites for hydroxylation is 1. The van der Waals surface area contributed by atoms with Gasteiger partial charge in [-0.25, -0.2) is 4.98 Å². The molecule has 0 saturated carbocycles. The molecule has 3 rings (SSSR count). The molecular formula is C21H24N2O2S. The van der Waals surface area contributed by atoms with Crippen LogP contribution in [0.4, 0.5) is 0 Å². The van der Waals surface area contributed by atoms with Gasteiger partial charge in [0.05, 0.1) is 6.61 Å². The Labute approximate surface area is 159 Å². The van der Waals surface area contributed by atoms with Crippen LogP contribution in [0.25, 0.3) is 0 Å². The summed E-state index contributed by atoms with van der Waals surface area (Å²) in [7, 11) is 0. The highest BCUT2D eigenvalue weighted by Crippen LogP contribution is 2.30. The molecule has 1 saturated heterocycles. The number of thioether (sulfide) groups is 1. The van der Waals surface area contributed by atoms with E-state index in [-0.39, 0.29) is 19.3 Å². The Kier molecular flexibility index (Phi) is 6.96. The van der Waals surface area contributed by atoms with Crippen LogP contribution in [-0.4, -0.2) is 52.8 Å². The first kappa shape index (κ1) is 18.8. The number of nitrogens with zero attached hydrogens (tertiary/aromatic N) is 2. The van der Waals surface area contributed by atoms with E-state index >= 15 is 0 Å². The summed E-state index contributed by atoms with van der Waals surface area (Å²) in [5.74, 6) is 9.67. The lowest BCUT2D eigenvalue weighted by Gasteiger charge is -2.32. The molecule has 5 heteroatoms. The van der Waals surface area contributed by atoms with Gasteiger partial charge in [-0.15, -0.1) is 0 Å². The van der Waals surface area contributed by atoms with Gasteiger partial charge in [-0.2, -0.15) is 11.8 Å². The smallest absolute Gasteiger partial charge is 0.125 e. The average Bonchev–Trinajstić information content (AvgIpc) is 2.69. The van der Waals surface area contributed by atoms with E-state index < -0.39 is 0 Å². The Morgan fingerprint density at radius 1 is 1.23 bits per heavy atom. The van der Waals surface area contributed by atoms with Crippen LogP contribution in [0.1, 0.15) is 22.9 Å². The zero-order valence-corrected chi connectivity index (χ0v) is 15.8. The summed E-state index contributed by atoms with van der Waals surface area (Å²) in [6, 6.07) is 11.9. The fourth-order valence-electron chi connectivity index (χ4n) is 2.88. The van der Waals surface area contributed by atoms with Gasteiger partial charge in [0, 0.05) is 36.4 Å². The number of aliphatic hydroxyl groups excluding tert-OH is 1. The van der Waals surface area contributed by atoms with Crippen LogP contribution in [0, 0.1) is 18.8 Å². The van der Waals surface area contributed by atoms with Gasteiger partial charge in [0.15, 0.2) is 0 Å². The van der Waals surface area contributed by atoms with Gasteiger partial charge in [0.2, 0.25) is 0 Å². The number of hydrogen-bond acceptors (Lipinski definition) is 5. The third kappa shape index (κ3) is 5.01. The van der Waals surface area contributed by atoms with Gasteiger partial charge in [-0.1, -0.05) is 30.2 Å². The molecule has 1 atom stereocenters. The van der Waals surface area contributed by atoms with E-state index in [1.807, 2.05) is 55.2 Å². The lowest BCUT2D eigenvalue weighted by atomic mass is 10.0. The van der Waals surface area contributed by atoms with Crippen molar-refractivity contribution >= 4 is 11.8 Å². The summed E-state index contributed by atoms with van der Waals surface area (Å²) in [4.78, 5) is 6.80. The second kappa shape index (κ2) is 9.63. The molecule has 0 radical (unpaired) electrons. The lowest BCUT2D eigenvalue weighted by Crippen LogP contribution is -2.35. The van der Waals surface area contributed by atoms with Gasteiger partial charge in [-0.3, -0.25) is 4.90 Å². The van der Waals surface area contributed by atoms with Gasteiger partial charge >= 0.3 is 0 Å². The first-order valence-corrected chi connectivity index (χ1v) is 10.0. The summed E-state index contributed by atoms with van der Waals surface area (Å²) in [6.45, 7) is 4.30. The normalized spacial score (nSPS) is 15.8. The molecule has 1 aliphatic heterocycles. The van der Waals surface area contributed by atoms with E-state index in [1.54, 1.807) is 0 Å². The third-order valence-corrected chi connectivity index (χ3v) is 5.16. The molecule has 1 aliphatic rings. The van der Waals surface area contributed by atoms with Gasteiger partial charge < -0.3 is 9.84 Å². The molecule has 26 heavy (non-hydrogen) atoms. The lowest BCUT2D eigenvalue weighted by molar-refractivity contribution is 0.195. The van der Waals surface area contributed by atoms with Crippen molar-refractivity contribution in [3.05, 3.63) is 59.4 Å². The van der Waals surface area contributed by atoms with Crippen LogP contribution >= 0.6 is 11.8 Å². The Morgan fingerprint density at radius 3 is 2.77 bits per heavy atom.